The molecule has 0 unspecified atom stereocenters. The first kappa shape index (κ1) is 21.9. The first-order valence-corrected chi connectivity index (χ1v) is 10.1. The Morgan fingerprint density at radius 2 is 1.40 bits per heavy atom. The number of rotatable bonds is 6. The maximum atomic E-state index is 13.7. The van der Waals surface area contributed by atoms with E-state index in [2.05, 4.69) is 10.6 Å². The van der Waals surface area contributed by atoms with Gasteiger partial charge in [-0.3, -0.25) is 9.59 Å². The Labute approximate surface area is 174 Å². The molecule has 4 N–H and O–H groups in total. The molecular formula is C22H28F2N4O2+2. The second kappa shape index (κ2) is 9.77. The van der Waals surface area contributed by atoms with Gasteiger partial charge in [0.15, 0.2) is 13.1 Å². The fourth-order valence-corrected chi connectivity index (χ4v) is 3.75. The van der Waals surface area contributed by atoms with Gasteiger partial charge < -0.3 is 20.4 Å². The highest BCUT2D eigenvalue weighted by atomic mass is 19.1. The number of carbonyl (C=O) groups excluding carboxylic acids is 2. The standard InChI is InChI=1S/C22H26F2N4O2/c1-15-4-3-5-16(2)22(15)26-21(30)14-28-10-8-27(9-11-28)13-20(29)25-19-12-17(23)6-7-18(19)24/h3-7,12H,8-11,13-14H2,1-2H3,(H,25,29)(H,26,30)/p+2. The molecular weight excluding hydrogens is 390 g/mol. The third-order valence-corrected chi connectivity index (χ3v) is 5.43. The zero-order valence-corrected chi connectivity index (χ0v) is 17.3. The molecule has 0 radical (unpaired) electrons. The van der Waals surface area contributed by atoms with E-state index in [-0.39, 0.29) is 24.0 Å². The van der Waals surface area contributed by atoms with Crippen molar-refractivity contribution in [3.63, 3.8) is 0 Å². The summed E-state index contributed by atoms with van der Waals surface area (Å²) in [5.41, 5.74) is 2.79. The van der Waals surface area contributed by atoms with Gasteiger partial charge in [-0.15, -0.1) is 0 Å². The van der Waals surface area contributed by atoms with Crippen molar-refractivity contribution in [3.05, 3.63) is 59.2 Å². The van der Waals surface area contributed by atoms with Crippen molar-refractivity contribution < 1.29 is 28.2 Å². The van der Waals surface area contributed by atoms with E-state index in [1.54, 1.807) is 0 Å². The molecule has 6 nitrogen and oxygen atoms in total. The molecule has 160 valence electrons. The molecule has 1 fully saturated rings. The molecule has 1 saturated heterocycles. The van der Waals surface area contributed by atoms with E-state index in [4.69, 9.17) is 0 Å². The lowest BCUT2D eigenvalue weighted by Crippen LogP contribution is -3.28. The Morgan fingerprint density at radius 3 is 1.97 bits per heavy atom. The molecule has 2 aromatic carbocycles. The zero-order chi connectivity index (χ0) is 21.7. The molecule has 0 aromatic heterocycles. The number of anilines is 2. The second-order valence-corrected chi connectivity index (χ2v) is 7.84. The fourth-order valence-electron chi connectivity index (χ4n) is 3.75. The second-order valence-electron chi connectivity index (χ2n) is 7.84. The lowest BCUT2D eigenvalue weighted by molar-refractivity contribution is -1.00. The van der Waals surface area contributed by atoms with Crippen molar-refractivity contribution in [1.29, 1.82) is 0 Å². The summed E-state index contributed by atoms with van der Waals surface area (Å²) >= 11 is 0. The van der Waals surface area contributed by atoms with Crippen molar-refractivity contribution >= 4 is 23.2 Å². The van der Waals surface area contributed by atoms with Gasteiger partial charge >= 0.3 is 0 Å². The Kier molecular flexibility index (Phi) is 7.12. The van der Waals surface area contributed by atoms with Gasteiger partial charge in [0.1, 0.15) is 37.8 Å². The Hall–Kier alpha value is -2.84. The average Bonchev–Trinajstić information content (AvgIpc) is 2.69. The summed E-state index contributed by atoms with van der Waals surface area (Å²) in [6, 6.07) is 8.88. The quantitative estimate of drug-likeness (QED) is 0.531. The van der Waals surface area contributed by atoms with Crippen LogP contribution in [0.15, 0.2) is 36.4 Å². The maximum Gasteiger partial charge on any atom is 0.279 e. The van der Waals surface area contributed by atoms with Gasteiger partial charge in [-0.05, 0) is 37.1 Å². The van der Waals surface area contributed by atoms with Crippen LogP contribution < -0.4 is 20.4 Å². The summed E-state index contributed by atoms with van der Waals surface area (Å²) < 4.78 is 26.9. The number of nitrogens with one attached hydrogen (secondary N) is 4. The molecule has 1 heterocycles. The van der Waals surface area contributed by atoms with Gasteiger partial charge in [0.05, 0.1) is 5.69 Å². The molecule has 0 bridgehead atoms. The first-order chi connectivity index (χ1) is 14.3. The van der Waals surface area contributed by atoms with Crippen LogP contribution in [0.3, 0.4) is 0 Å². The normalized spacial score (nSPS) is 18.7. The van der Waals surface area contributed by atoms with Crippen LogP contribution in [-0.2, 0) is 9.59 Å². The first-order valence-electron chi connectivity index (χ1n) is 10.1. The molecule has 3 rings (SSSR count). The van der Waals surface area contributed by atoms with Crippen LogP contribution >= 0.6 is 0 Å². The minimum atomic E-state index is -0.663. The number of aryl methyl sites for hydroxylation is 2. The van der Waals surface area contributed by atoms with Crippen LogP contribution in [0.4, 0.5) is 20.2 Å². The van der Waals surface area contributed by atoms with Crippen LogP contribution in [0.5, 0.6) is 0 Å². The third kappa shape index (κ3) is 5.84. The van der Waals surface area contributed by atoms with E-state index in [1.807, 2.05) is 32.0 Å². The van der Waals surface area contributed by atoms with Gasteiger partial charge in [-0.1, -0.05) is 18.2 Å². The Balaban J connectivity index is 1.44. The summed E-state index contributed by atoms with van der Waals surface area (Å²) in [5.74, 6) is -1.64. The molecule has 0 spiro atoms. The molecule has 0 aliphatic carbocycles. The molecule has 0 saturated carbocycles. The van der Waals surface area contributed by atoms with E-state index in [0.29, 0.717) is 6.54 Å². The summed E-state index contributed by atoms with van der Waals surface area (Å²) in [4.78, 5) is 26.8. The lowest BCUT2D eigenvalue weighted by Gasteiger charge is -2.29. The minimum Gasteiger partial charge on any atom is -0.321 e. The number of hydrogen-bond donors (Lipinski definition) is 4. The van der Waals surface area contributed by atoms with Crippen molar-refractivity contribution in [1.82, 2.24) is 0 Å². The van der Waals surface area contributed by atoms with Crippen molar-refractivity contribution in [2.75, 3.05) is 49.9 Å². The van der Waals surface area contributed by atoms with E-state index >= 15 is 0 Å². The number of hydrogen-bond acceptors (Lipinski definition) is 2. The van der Waals surface area contributed by atoms with E-state index < -0.39 is 11.6 Å². The zero-order valence-electron chi connectivity index (χ0n) is 17.3. The van der Waals surface area contributed by atoms with Crippen LogP contribution in [0.2, 0.25) is 0 Å². The highest BCUT2D eigenvalue weighted by Gasteiger charge is 2.26. The van der Waals surface area contributed by atoms with Crippen molar-refractivity contribution in [2.45, 2.75) is 13.8 Å². The Bertz CT molecular complexity index is 907. The smallest absolute Gasteiger partial charge is 0.279 e. The highest BCUT2D eigenvalue weighted by Crippen LogP contribution is 2.19. The summed E-state index contributed by atoms with van der Waals surface area (Å²) in [6.45, 7) is 7.47. The van der Waals surface area contributed by atoms with Gasteiger partial charge in [0.25, 0.3) is 11.8 Å². The maximum absolute atomic E-state index is 13.7. The van der Waals surface area contributed by atoms with E-state index in [9.17, 15) is 18.4 Å². The molecule has 2 amide bonds. The van der Waals surface area contributed by atoms with Gasteiger partial charge in [-0.25, -0.2) is 8.78 Å². The molecule has 0 atom stereocenters. The van der Waals surface area contributed by atoms with Crippen molar-refractivity contribution in [2.24, 2.45) is 0 Å². The summed E-state index contributed by atoms with van der Waals surface area (Å²) in [5, 5.41) is 5.44. The lowest BCUT2D eigenvalue weighted by atomic mass is 10.1. The molecule has 30 heavy (non-hydrogen) atoms. The highest BCUT2D eigenvalue weighted by molar-refractivity contribution is 5.93. The molecule has 1 aliphatic heterocycles. The van der Waals surface area contributed by atoms with Crippen LogP contribution in [0.1, 0.15) is 11.1 Å². The van der Waals surface area contributed by atoms with Crippen LogP contribution in [0.25, 0.3) is 0 Å². The SMILES string of the molecule is Cc1cccc(C)c1NC(=O)C[NH+]1CC[NH+](CC(=O)Nc2cc(F)ccc2F)CC1. The molecule has 2 aromatic rings. The summed E-state index contributed by atoms with van der Waals surface area (Å²) in [6.07, 6.45) is 0. The predicted molar refractivity (Wildman–Crippen MR) is 111 cm³/mol. The number of benzene rings is 2. The number of carbonyl (C=O) groups is 2. The van der Waals surface area contributed by atoms with Crippen molar-refractivity contribution in [3.8, 4) is 0 Å². The fraction of sp³-hybridized carbons (Fsp3) is 0.364. The average molecular weight is 418 g/mol. The van der Waals surface area contributed by atoms with Gasteiger partial charge in [0, 0.05) is 11.8 Å². The van der Waals surface area contributed by atoms with Gasteiger partial charge in [-0.2, -0.15) is 0 Å². The Morgan fingerprint density at radius 1 is 0.867 bits per heavy atom. The number of amides is 2. The van der Waals surface area contributed by atoms with Gasteiger partial charge in [0.2, 0.25) is 0 Å². The number of para-hydroxylation sites is 1. The minimum absolute atomic E-state index is 0.0230. The van der Waals surface area contributed by atoms with E-state index in [1.165, 1.54) is 4.90 Å². The molecule has 1 aliphatic rings. The van der Waals surface area contributed by atoms with E-state index in [0.717, 1.165) is 66.1 Å². The predicted octanol–water partition coefficient (Wildman–Crippen LogP) is -0.0578. The third-order valence-electron chi connectivity index (χ3n) is 5.43. The number of quaternary nitrogens is 2. The van der Waals surface area contributed by atoms with Crippen LogP contribution in [0, 0.1) is 25.5 Å². The largest absolute Gasteiger partial charge is 0.321 e. The summed E-state index contributed by atoms with van der Waals surface area (Å²) in [7, 11) is 0. The molecule has 8 heteroatoms. The van der Waals surface area contributed by atoms with Crippen LogP contribution in [-0.4, -0.2) is 51.1 Å². The number of piperazine rings is 1. The number of halogens is 2. The topological polar surface area (TPSA) is 67.1 Å². The monoisotopic (exact) mass is 418 g/mol.